The van der Waals surface area contributed by atoms with Gasteiger partial charge < -0.3 is 10.4 Å². The molecular weight excluding hydrogens is 330 g/mol. The van der Waals surface area contributed by atoms with Crippen molar-refractivity contribution in [3.05, 3.63) is 26.3 Å². The number of anilines is 1. The Bertz CT molecular complexity index is 522. The molecule has 0 aliphatic heterocycles. The van der Waals surface area contributed by atoms with Crippen molar-refractivity contribution in [2.24, 2.45) is 0 Å². The average Bonchev–Trinajstić information content (AvgIpc) is 2.38. The summed E-state index contributed by atoms with van der Waals surface area (Å²) in [7, 11) is 0. The van der Waals surface area contributed by atoms with Crippen LogP contribution in [0.25, 0.3) is 0 Å². The zero-order valence-electron chi connectivity index (χ0n) is 11.2. The van der Waals surface area contributed by atoms with Crippen LogP contribution in [0.5, 0.6) is 0 Å². The number of hydrogen-bond acceptors (Lipinski definition) is 5. The summed E-state index contributed by atoms with van der Waals surface area (Å²) in [6.07, 6.45) is 3.25. The minimum Gasteiger partial charge on any atom is -0.480 e. The third-order valence-corrected chi connectivity index (χ3v) is 3.86. The monoisotopic (exact) mass is 345 g/mol. The molecule has 0 aliphatic carbocycles. The number of aromatic nitrogens is 1. The summed E-state index contributed by atoms with van der Waals surface area (Å²) in [5.74, 6) is -0.667. The quantitative estimate of drug-likeness (QED) is 0.580. The van der Waals surface area contributed by atoms with Gasteiger partial charge in [0.25, 0.3) is 5.69 Å². The molecule has 0 saturated heterocycles. The molecule has 0 saturated carbocycles. The molecule has 0 bridgehead atoms. The third kappa shape index (κ3) is 3.89. The number of hydrogen-bond donors (Lipinski definition) is 2. The third-order valence-electron chi connectivity index (χ3n) is 2.89. The van der Waals surface area contributed by atoms with Crippen LogP contribution in [0.15, 0.2) is 10.7 Å². The van der Waals surface area contributed by atoms with Gasteiger partial charge in [0, 0.05) is 5.56 Å². The van der Waals surface area contributed by atoms with E-state index >= 15 is 0 Å². The zero-order chi connectivity index (χ0) is 15.3. The van der Waals surface area contributed by atoms with E-state index in [9.17, 15) is 14.9 Å². The number of aliphatic carboxylic acids is 1. The van der Waals surface area contributed by atoms with Crippen LogP contribution in [0.2, 0.25) is 0 Å². The largest absolute Gasteiger partial charge is 0.480 e. The van der Waals surface area contributed by atoms with Gasteiger partial charge in [0.1, 0.15) is 18.1 Å². The predicted octanol–water partition coefficient (Wildman–Crippen LogP) is 3.12. The Morgan fingerprint density at radius 1 is 1.65 bits per heavy atom. The maximum atomic E-state index is 11.2. The van der Waals surface area contributed by atoms with Gasteiger partial charge in [-0.15, -0.1) is 0 Å². The minimum atomic E-state index is -0.969. The highest BCUT2D eigenvalue weighted by Gasteiger charge is 2.22. The number of rotatable bonds is 7. The van der Waals surface area contributed by atoms with Gasteiger partial charge in [-0.1, -0.05) is 19.8 Å². The second-order valence-electron chi connectivity index (χ2n) is 4.37. The van der Waals surface area contributed by atoms with Gasteiger partial charge in [0.15, 0.2) is 0 Å². The number of carboxylic acid groups (broad SMARTS) is 1. The molecule has 7 nitrogen and oxygen atoms in total. The number of nitro groups is 1. The van der Waals surface area contributed by atoms with Crippen molar-refractivity contribution in [3.63, 3.8) is 0 Å². The molecule has 110 valence electrons. The first kappa shape index (κ1) is 16.4. The van der Waals surface area contributed by atoms with Gasteiger partial charge in [-0.25, -0.2) is 9.78 Å². The van der Waals surface area contributed by atoms with Gasteiger partial charge in [-0.2, -0.15) is 0 Å². The summed E-state index contributed by atoms with van der Waals surface area (Å²) in [4.78, 5) is 25.4. The van der Waals surface area contributed by atoms with Crippen molar-refractivity contribution >= 4 is 33.4 Å². The highest BCUT2D eigenvalue weighted by Crippen LogP contribution is 2.31. The van der Waals surface area contributed by atoms with Crippen molar-refractivity contribution < 1.29 is 14.8 Å². The summed E-state index contributed by atoms with van der Waals surface area (Å²) < 4.78 is 0.412. The molecule has 20 heavy (non-hydrogen) atoms. The summed E-state index contributed by atoms with van der Waals surface area (Å²) in [5, 5.41) is 22.7. The number of carboxylic acids is 1. The van der Waals surface area contributed by atoms with Crippen molar-refractivity contribution in [1.82, 2.24) is 4.98 Å². The fourth-order valence-electron chi connectivity index (χ4n) is 1.68. The van der Waals surface area contributed by atoms with E-state index in [0.717, 1.165) is 19.0 Å². The average molecular weight is 346 g/mol. The van der Waals surface area contributed by atoms with Crippen LogP contribution in [-0.4, -0.2) is 27.0 Å². The van der Waals surface area contributed by atoms with Crippen LogP contribution >= 0.6 is 15.9 Å². The number of pyridine rings is 1. The number of nitrogens with one attached hydrogen (secondary N) is 1. The molecule has 1 rings (SSSR count). The molecule has 0 aromatic carbocycles. The Hall–Kier alpha value is -1.70. The molecule has 8 heteroatoms. The molecular formula is C12H16BrN3O4. The van der Waals surface area contributed by atoms with Gasteiger partial charge in [0.05, 0.1) is 9.40 Å². The molecule has 2 N–H and O–H groups in total. The molecule has 0 aliphatic rings. The number of carbonyl (C=O) groups is 1. The predicted molar refractivity (Wildman–Crippen MR) is 77.9 cm³/mol. The van der Waals surface area contributed by atoms with Crippen molar-refractivity contribution in [2.75, 3.05) is 5.32 Å². The standard InChI is InChI=1S/C12H16BrN3O4/c1-3-4-5-8(12(17)18)15-11-10(13)7(2)9(6-14-11)16(19)20/h6,8H,3-5H2,1-2H3,(H,14,15)(H,17,18). The smallest absolute Gasteiger partial charge is 0.326 e. The summed E-state index contributed by atoms with van der Waals surface area (Å²) >= 11 is 3.22. The first-order chi connectivity index (χ1) is 9.38. The van der Waals surface area contributed by atoms with E-state index in [1.165, 1.54) is 0 Å². The lowest BCUT2D eigenvalue weighted by Crippen LogP contribution is -2.29. The fraction of sp³-hybridized carbons (Fsp3) is 0.500. The Kier molecular flexibility index (Phi) is 5.87. The maximum Gasteiger partial charge on any atom is 0.326 e. The Morgan fingerprint density at radius 2 is 2.30 bits per heavy atom. The molecule has 1 heterocycles. The first-order valence-electron chi connectivity index (χ1n) is 6.17. The lowest BCUT2D eigenvalue weighted by Gasteiger charge is -2.16. The Morgan fingerprint density at radius 3 is 2.80 bits per heavy atom. The van der Waals surface area contributed by atoms with Crippen molar-refractivity contribution in [3.8, 4) is 0 Å². The Balaban J connectivity index is 2.99. The van der Waals surface area contributed by atoms with Crippen LogP contribution in [0, 0.1) is 17.0 Å². The molecule has 0 amide bonds. The first-order valence-corrected chi connectivity index (χ1v) is 6.96. The maximum absolute atomic E-state index is 11.2. The number of nitrogens with zero attached hydrogens (tertiary/aromatic N) is 2. The van der Waals surface area contributed by atoms with E-state index in [0.29, 0.717) is 22.3 Å². The Labute approximate surface area is 124 Å². The van der Waals surface area contributed by atoms with Gasteiger partial charge in [-0.05, 0) is 29.3 Å². The minimum absolute atomic E-state index is 0.108. The second kappa shape index (κ2) is 7.18. The van der Waals surface area contributed by atoms with Crippen LogP contribution in [0.4, 0.5) is 11.5 Å². The van der Waals surface area contributed by atoms with Gasteiger partial charge >= 0.3 is 5.97 Å². The zero-order valence-corrected chi connectivity index (χ0v) is 12.8. The van der Waals surface area contributed by atoms with Crippen LogP contribution < -0.4 is 5.32 Å². The fourth-order valence-corrected chi connectivity index (χ4v) is 2.10. The van der Waals surface area contributed by atoms with Crippen molar-refractivity contribution in [1.29, 1.82) is 0 Å². The van der Waals surface area contributed by atoms with Crippen LogP contribution in [-0.2, 0) is 4.79 Å². The topological polar surface area (TPSA) is 105 Å². The highest BCUT2D eigenvalue weighted by atomic mass is 79.9. The molecule has 0 spiro atoms. The van der Waals surface area contributed by atoms with E-state index < -0.39 is 16.9 Å². The van der Waals surface area contributed by atoms with E-state index in [-0.39, 0.29) is 5.69 Å². The van der Waals surface area contributed by atoms with Crippen LogP contribution in [0.3, 0.4) is 0 Å². The van der Waals surface area contributed by atoms with E-state index in [1.807, 2.05) is 6.92 Å². The van der Waals surface area contributed by atoms with Gasteiger partial charge in [-0.3, -0.25) is 10.1 Å². The highest BCUT2D eigenvalue weighted by molar-refractivity contribution is 9.10. The number of unbranched alkanes of at least 4 members (excludes halogenated alkanes) is 1. The lowest BCUT2D eigenvalue weighted by atomic mass is 10.1. The number of halogens is 1. The van der Waals surface area contributed by atoms with Crippen molar-refractivity contribution in [2.45, 2.75) is 39.2 Å². The molecule has 1 aromatic rings. The summed E-state index contributed by atoms with van der Waals surface area (Å²) in [6.45, 7) is 3.56. The molecule has 1 aromatic heterocycles. The summed E-state index contributed by atoms with van der Waals surface area (Å²) in [5.41, 5.74) is 0.301. The SMILES string of the molecule is CCCCC(Nc1ncc([N+](=O)[O-])c(C)c1Br)C(=O)O. The molecule has 0 radical (unpaired) electrons. The molecule has 1 atom stereocenters. The van der Waals surface area contributed by atoms with Gasteiger partial charge in [0.2, 0.25) is 0 Å². The molecule has 0 fully saturated rings. The molecule has 1 unspecified atom stereocenters. The van der Waals surface area contributed by atoms with E-state index in [4.69, 9.17) is 5.11 Å². The normalized spacial score (nSPS) is 11.9. The van der Waals surface area contributed by atoms with E-state index in [2.05, 4.69) is 26.2 Å². The van der Waals surface area contributed by atoms with Crippen LogP contribution in [0.1, 0.15) is 31.7 Å². The lowest BCUT2D eigenvalue weighted by molar-refractivity contribution is -0.385. The second-order valence-corrected chi connectivity index (χ2v) is 5.16. The summed E-state index contributed by atoms with van der Waals surface area (Å²) in [6, 6.07) is -0.764. The van der Waals surface area contributed by atoms with E-state index in [1.54, 1.807) is 6.92 Å².